The number of benzene rings is 2. The first-order valence-corrected chi connectivity index (χ1v) is 9.87. The number of fused-ring (bicyclic) bond motifs is 1. The van der Waals surface area contributed by atoms with Gasteiger partial charge >= 0.3 is 0 Å². The van der Waals surface area contributed by atoms with Crippen LogP contribution in [-0.2, 0) is 0 Å². The molecule has 0 saturated heterocycles. The molecule has 0 bridgehead atoms. The number of pyridine rings is 1. The summed E-state index contributed by atoms with van der Waals surface area (Å²) < 4.78 is 0. The molecule has 1 heterocycles. The van der Waals surface area contributed by atoms with Gasteiger partial charge in [0.2, 0.25) is 0 Å². The summed E-state index contributed by atoms with van der Waals surface area (Å²) in [6.45, 7) is 6.25. The van der Waals surface area contributed by atoms with Gasteiger partial charge < -0.3 is 0 Å². The zero-order chi connectivity index (χ0) is 19.7. The monoisotopic (exact) mass is 371 g/mol. The van der Waals surface area contributed by atoms with Crippen molar-refractivity contribution in [3.8, 4) is 0 Å². The lowest BCUT2D eigenvalue weighted by Crippen LogP contribution is -2.20. The van der Waals surface area contributed by atoms with E-state index in [1.54, 1.807) is 0 Å². The van der Waals surface area contributed by atoms with Gasteiger partial charge in [-0.05, 0) is 48.9 Å². The number of rotatable bonds is 5. The van der Waals surface area contributed by atoms with Gasteiger partial charge in [0.1, 0.15) is 0 Å². The van der Waals surface area contributed by atoms with Crippen LogP contribution >= 0.6 is 0 Å². The van der Waals surface area contributed by atoms with Crippen LogP contribution in [0.2, 0.25) is 0 Å². The third-order valence-corrected chi connectivity index (χ3v) is 5.30. The number of nitrogens with one attached hydrogen (secondary N) is 1. The third kappa shape index (κ3) is 3.81. The third-order valence-electron chi connectivity index (χ3n) is 5.30. The van der Waals surface area contributed by atoms with Crippen molar-refractivity contribution in [2.24, 2.45) is 5.10 Å². The molecule has 2 aromatic carbocycles. The van der Waals surface area contributed by atoms with Gasteiger partial charge in [0.15, 0.2) is 0 Å². The maximum Gasteiger partial charge on any atom is 0.272 e. The summed E-state index contributed by atoms with van der Waals surface area (Å²) in [4.78, 5) is 17.6. The predicted molar refractivity (Wildman–Crippen MR) is 114 cm³/mol. The first-order valence-electron chi connectivity index (χ1n) is 9.87. The van der Waals surface area contributed by atoms with Crippen molar-refractivity contribution >= 4 is 22.5 Å². The molecule has 0 unspecified atom stereocenters. The summed E-state index contributed by atoms with van der Waals surface area (Å²) in [7, 11) is 0. The predicted octanol–water partition coefficient (Wildman–Crippen LogP) is 5.39. The number of hydrogen-bond acceptors (Lipinski definition) is 3. The number of hydrogen-bond donors (Lipinski definition) is 1. The topological polar surface area (TPSA) is 54.4 Å². The molecule has 1 saturated carbocycles. The van der Waals surface area contributed by atoms with Crippen molar-refractivity contribution in [2.45, 2.75) is 45.4 Å². The van der Waals surface area contributed by atoms with Crippen molar-refractivity contribution in [3.63, 3.8) is 0 Å². The average Bonchev–Trinajstić information content (AvgIpc) is 3.56. The SMILES string of the molecule is C/C(=N\NC(=O)c1cc(C2CC2)nc2ccccc12)c1ccc(C(C)C)cc1. The van der Waals surface area contributed by atoms with Gasteiger partial charge in [-0.1, -0.05) is 56.3 Å². The highest BCUT2D eigenvalue weighted by Gasteiger charge is 2.26. The van der Waals surface area contributed by atoms with Crippen LogP contribution in [0.4, 0.5) is 0 Å². The minimum Gasteiger partial charge on any atom is -0.267 e. The number of nitrogens with zero attached hydrogens (tertiary/aromatic N) is 2. The molecule has 4 heteroatoms. The average molecular weight is 371 g/mol. The fourth-order valence-corrected chi connectivity index (χ4v) is 3.34. The highest BCUT2D eigenvalue weighted by Crippen LogP contribution is 2.40. The molecule has 1 N–H and O–H groups in total. The fourth-order valence-electron chi connectivity index (χ4n) is 3.34. The summed E-state index contributed by atoms with van der Waals surface area (Å²) >= 11 is 0. The Morgan fingerprint density at radius 1 is 1.11 bits per heavy atom. The molecule has 142 valence electrons. The largest absolute Gasteiger partial charge is 0.272 e. The van der Waals surface area contributed by atoms with Crippen LogP contribution in [0.1, 0.15) is 72.6 Å². The smallest absolute Gasteiger partial charge is 0.267 e. The molecule has 1 aromatic heterocycles. The Balaban J connectivity index is 1.58. The summed E-state index contributed by atoms with van der Waals surface area (Å²) in [5.74, 6) is 0.783. The molecule has 0 radical (unpaired) electrons. The van der Waals surface area contributed by atoms with Crippen LogP contribution in [0, 0.1) is 0 Å². The lowest BCUT2D eigenvalue weighted by molar-refractivity contribution is 0.0956. The van der Waals surface area contributed by atoms with Crippen molar-refractivity contribution in [2.75, 3.05) is 0 Å². The number of carbonyl (C=O) groups excluding carboxylic acids is 1. The van der Waals surface area contributed by atoms with E-state index in [0.29, 0.717) is 17.4 Å². The Kier molecular flexibility index (Phi) is 4.95. The molecule has 1 aliphatic carbocycles. The zero-order valence-electron chi connectivity index (χ0n) is 16.6. The van der Waals surface area contributed by atoms with Crippen molar-refractivity contribution < 1.29 is 4.79 Å². The molecule has 0 aliphatic heterocycles. The molecule has 4 nitrogen and oxygen atoms in total. The summed E-state index contributed by atoms with van der Waals surface area (Å²) in [6.07, 6.45) is 2.30. The molecule has 3 aromatic rings. The van der Waals surface area contributed by atoms with Crippen LogP contribution in [0.5, 0.6) is 0 Å². The molecule has 28 heavy (non-hydrogen) atoms. The van der Waals surface area contributed by atoms with E-state index in [9.17, 15) is 4.79 Å². The van der Waals surface area contributed by atoms with E-state index in [1.165, 1.54) is 5.56 Å². The first kappa shape index (κ1) is 18.4. The highest BCUT2D eigenvalue weighted by molar-refractivity contribution is 6.07. The van der Waals surface area contributed by atoms with Gasteiger partial charge in [0.25, 0.3) is 5.91 Å². The van der Waals surface area contributed by atoms with E-state index in [0.717, 1.165) is 40.7 Å². The van der Waals surface area contributed by atoms with Crippen LogP contribution in [0.15, 0.2) is 59.7 Å². The van der Waals surface area contributed by atoms with E-state index in [1.807, 2.05) is 49.4 Å². The van der Waals surface area contributed by atoms with Gasteiger partial charge in [-0.25, -0.2) is 5.43 Å². The molecule has 0 atom stereocenters. The van der Waals surface area contributed by atoms with Crippen LogP contribution in [0.3, 0.4) is 0 Å². The number of carbonyl (C=O) groups is 1. The van der Waals surface area contributed by atoms with Gasteiger partial charge in [-0.2, -0.15) is 5.10 Å². The second-order valence-electron chi connectivity index (χ2n) is 7.80. The Hall–Kier alpha value is -3.01. The van der Waals surface area contributed by atoms with Crippen LogP contribution in [0.25, 0.3) is 10.9 Å². The number of para-hydroxylation sites is 1. The fraction of sp³-hybridized carbons (Fsp3) is 0.292. The Bertz CT molecular complexity index is 1050. The van der Waals surface area contributed by atoms with Gasteiger partial charge in [-0.15, -0.1) is 0 Å². The lowest BCUT2D eigenvalue weighted by Gasteiger charge is -2.09. The molecule has 1 fully saturated rings. The second kappa shape index (κ2) is 7.55. The minimum atomic E-state index is -0.196. The number of aromatic nitrogens is 1. The standard InChI is InChI=1S/C24H25N3O/c1-15(2)17-8-10-18(11-9-17)16(3)26-27-24(28)21-14-23(19-12-13-19)25-22-7-5-4-6-20(21)22/h4-11,14-15,19H,12-13H2,1-3H3,(H,27,28)/b26-16+. The second-order valence-corrected chi connectivity index (χ2v) is 7.80. The molecular formula is C24H25N3O. The number of hydrazone groups is 1. The Morgan fingerprint density at radius 2 is 1.82 bits per heavy atom. The first-order chi connectivity index (χ1) is 13.5. The summed E-state index contributed by atoms with van der Waals surface area (Å²) in [5.41, 5.74) is 8.32. The van der Waals surface area contributed by atoms with Gasteiger partial charge in [0.05, 0.1) is 16.8 Å². The molecule has 1 amide bonds. The zero-order valence-corrected chi connectivity index (χ0v) is 16.6. The molecular weight excluding hydrogens is 346 g/mol. The van der Waals surface area contributed by atoms with Crippen molar-refractivity contribution in [1.82, 2.24) is 10.4 Å². The Morgan fingerprint density at radius 3 is 2.50 bits per heavy atom. The quantitative estimate of drug-likeness (QED) is 0.483. The van der Waals surface area contributed by atoms with E-state index >= 15 is 0 Å². The van der Waals surface area contributed by atoms with E-state index in [2.05, 4.69) is 36.5 Å². The molecule has 4 rings (SSSR count). The molecule has 1 aliphatic rings. The summed E-state index contributed by atoms with van der Waals surface area (Å²) in [6, 6.07) is 18.0. The van der Waals surface area contributed by atoms with Crippen molar-refractivity contribution in [3.05, 3.63) is 77.0 Å². The number of amides is 1. The van der Waals surface area contributed by atoms with E-state index < -0.39 is 0 Å². The van der Waals surface area contributed by atoms with Crippen molar-refractivity contribution in [1.29, 1.82) is 0 Å². The van der Waals surface area contributed by atoms with Crippen LogP contribution < -0.4 is 5.43 Å². The minimum absolute atomic E-state index is 0.196. The highest BCUT2D eigenvalue weighted by atomic mass is 16.2. The summed E-state index contributed by atoms with van der Waals surface area (Å²) in [5, 5.41) is 5.20. The van der Waals surface area contributed by atoms with E-state index in [-0.39, 0.29) is 5.91 Å². The lowest BCUT2D eigenvalue weighted by atomic mass is 10.0. The van der Waals surface area contributed by atoms with Crippen LogP contribution in [-0.4, -0.2) is 16.6 Å². The normalized spacial score (nSPS) is 14.5. The maximum atomic E-state index is 12.9. The van der Waals surface area contributed by atoms with Gasteiger partial charge in [-0.3, -0.25) is 9.78 Å². The molecule has 0 spiro atoms. The Labute approximate surface area is 165 Å². The van der Waals surface area contributed by atoms with Gasteiger partial charge in [0, 0.05) is 17.0 Å². The van der Waals surface area contributed by atoms with E-state index in [4.69, 9.17) is 4.98 Å². The maximum absolute atomic E-state index is 12.9.